The molecule has 1 aromatic carbocycles. The molecular weight excluding hydrogens is 268 g/mol. The fourth-order valence-corrected chi connectivity index (χ4v) is 2.68. The lowest BCUT2D eigenvalue weighted by molar-refractivity contribution is 0.454. The molecule has 18 heavy (non-hydrogen) atoms. The lowest BCUT2D eigenvalue weighted by Gasteiger charge is -2.09. The Balaban J connectivity index is 1.77. The van der Waals surface area contributed by atoms with E-state index in [1.54, 1.807) is 12.5 Å². The Morgan fingerprint density at radius 1 is 1.44 bits per heavy atom. The van der Waals surface area contributed by atoms with Gasteiger partial charge in [0.1, 0.15) is 6.26 Å². The number of aromatic nitrogens is 1. The molecule has 1 aliphatic rings. The van der Waals surface area contributed by atoms with E-state index in [1.165, 1.54) is 30.2 Å². The average molecular weight is 281 g/mol. The Morgan fingerprint density at radius 3 is 3.06 bits per heavy atom. The van der Waals surface area contributed by atoms with Gasteiger partial charge < -0.3 is 9.73 Å². The normalized spacial score (nSPS) is 14.9. The Kier molecular flexibility index (Phi) is 3.59. The standard InChI is InChI=1S/C13H13ClN2OS/c14-10-1-4-12(18-13-15-5-6-17-13)9(7-10)8-16-11-2-3-11/h1,4-7,11,16H,2-3,8H2. The molecule has 94 valence electrons. The molecule has 1 aliphatic carbocycles. The van der Waals surface area contributed by atoms with Gasteiger partial charge in [-0.2, -0.15) is 0 Å². The number of hydrogen-bond donors (Lipinski definition) is 1. The first-order valence-electron chi connectivity index (χ1n) is 5.90. The highest BCUT2D eigenvalue weighted by Gasteiger charge is 2.20. The summed E-state index contributed by atoms with van der Waals surface area (Å²) in [5.41, 5.74) is 1.19. The second-order valence-electron chi connectivity index (χ2n) is 4.31. The number of hydrogen-bond acceptors (Lipinski definition) is 4. The molecule has 3 rings (SSSR count). The lowest BCUT2D eigenvalue weighted by atomic mass is 10.2. The molecule has 1 N–H and O–H groups in total. The van der Waals surface area contributed by atoms with Crippen LogP contribution >= 0.6 is 23.4 Å². The van der Waals surface area contributed by atoms with Crippen molar-refractivity contribution in [2.45, 2.75) is 35.5 Å². The van der Waals surface area contributed by atoms with Crippen molar-refractivity contribution < 1.29 is 4.42 Å². The van der Waals surface area contributed by atoms with Crippen molar-refractivity contribution in [1.82, 2.24) is 10.3 Å². The molecule has 3 nitrogen and oxygen atoms in total. The van der Waals surface area contributed by atoms with Crippen molar-refractivity contribution in [2.24, 2.45) is 0 Å². The van der Waals surface area contributed by atoms with E-state index in [1.807, 2.05) is 18.2 Å². The number of nitrogens with zero attached hydrogens (tertiary/aromatic N) is 1. The molecule has 0 aliphatic heterocycles. The Labute approximate surface area is 115 Å². The summed E-state index contributed by atoms with van der Waals surface area (Å²) in [4.78, 5) is 5.26. The van der Waals surface area contributed by atoms with Crippen molar-refractivity contribution in [3.63, 3.8) is 0 Å². The van der Waals surface area contributed by atoms with Crippen molar-refractivity contribution >= 4 is 23.4 Å². The first-order valence-corrected chi connectivity index (χ1v) is 7.10. The van der Waals surface area contributed by atoms with E-state index in [0.717, 1.165) is 16.5 Å². The number of oxazole rings is 1. The van der Waals surface area contributed by atoms with Crippen LogP contribution in [0.15, 0.2) is 45.2 Å². The van der Waals surface area contributed by atoms with Crippen LogP contribution in [0.2, 0.25) is 5.02 Å². The highest BCUT2D eigenvalue weighted by Crippen LogP contribution is 2.31. The first kappa shape index (κ1) is 12.1. The molecule has 1 heterocycles. The molecule has 2 aromatic rings. The first-order chi connectivity index (χ1) is 8.81. The molecule has 0 unspecified atom stereocenters. The van der Waals surface area contributed by atoms with E-state index in [4.69, 9.17) is 16.0 Å². The summed E-state index contributed by atoms with van der Waals surface area (Å²) in [7, 11) is 0. The number of halogens is 1. The number of rotatable bonds is 5. The lowest BCUT2D eigenvalue weighted by Crippen LogP contribution is -2.15. The topological polar surface area (TPSA) is 38.1 Å². The van der Waals surface area contributed by atoms with E-state index in [2.05, 4.69) is 10.3 Å². The molecule has 5 heteroatoms. The molecule has 1 aromatic heterocycles. The molecule has 0 radical (unpaired) electrons. The second-order valence-corrected chi connectivity index (χ2v) is 5.74. The predicted octanol–water partition coefficient (Wildman–Crippen LogP) is 3.73. The zero-order valence-corrected chi connectivity index (χ0v) is 11.3. The Bertz CT molecular complexity index is 526. The molecule has 0 atom stereocenters. The highest BCUT2D eigenvalue weighted by atomic mass is 35.5. The Morgan fingerprint density at radius 2 is 2.33 bits per heavy atom. The summed E-state index contributed by atoms with van der Waals surface area (Å²) in [6.45, 7) is 0.842. The van der Waals surface area contributed by atoms with Crippen LogP contribution < -0.4 is 5.32 Å². The van der Waals surface area contributed by atoms with E-state index < -0.39 is 0 Å². The maximum Gasteiger partial charge on any atom is 0.260 e. The van der Waals surface area contributed by atoms with Crippen LogP contribution in [0.1, 0.15) is 18.4 Å². The van der Waals surface area contributed by atoms with E-state index >= 15 is 0 Å². The molecule has 0 bridgehead atoms. The van der Waals surface area contributed by atoms with Crippen LogP contribution in [0.25, 0.3) is 0 Å². The zero-order valence-electron chi connectivity index (χ0n) is 9.73. The van der Waals surface area contributed by atoms with Crippen molar-refractivity contribution in [3.8, 4) is 0 Å². The maximum absolute atomic E-state index is 6.05. The third-order valence-electron chi connectivity index (χ3n) is 2.79. The smallest absolute Gasteiger partial charge is 0.260 e. The molecule has 0 saturated heterocycles. The number of benzene rings is 1. The van der Waals surface area contributed by atoms with Gasteiger partial charge in [0.15, 0.2) is 0 Å². The largest absolute Gasteiger partial charge is 0.440 e. The van der Waals surface area contributed by atoms with Gasteiger partial charge in [-0.1, -0.05) is 11.6 Å². The van der Waals surface area contributed by atoms with Gasteiger partial charge in [-0.3, -0.25) is 0 Å². The summed E-state index contributed by atoms with van der Waals surface area (Å²) < 4.78 is 5.26. The monoisotopic (exact) mass is 280 g/mol. The van der Waals surface area contributed by atoms with Crippen molar-refractivity contribution in [1.29, 1.82) is 0 Å². The Hall–Kier alpha value is -0.970. The van der Waals surface area contributed by atoms with E-state index in [9.17, 15) is 0 Å². The molecular formula is C13H13ClN2OS. The summed E-state index contributed by atoms with van der Waals surface area (Å²) in [5, 5.41) is 4.92. The third-order valence-corrected chi connectivity index (χ3v) is 4.02. The highest BCUT2D eigenvalue weighted by molar-refractivity contribution is 7.99. The fraction of sp³-hybridized carbons (Fsp3) is 0.308. The minimum absolute atomic E-state index is 0.657. The quantitative estimate of drug-likeness (QED) is 0.906. The van der Waals surface area contributed by atoms with Gasteiger partial charge in [0, 0.05) is 22.5 Å². The minimum Gasteiger partial charge on any atom is -0.440 e. The van der Waals surface area contributed by atoms with Crippen LogP contribution in [-0.4, -0.2) is 11.0 Å². The van der Waals surface area contributed by atoms with Crippen LogP contribution in [0.4, 0.5) is 0 Å². The van der Waals surface area contributed by atoms with Gasteiger partial charge in [-0.05, 0) is 48.4 Å². The van der Waals surface area contributed by atoms with E-state index in [0.29, 0.717) is 11.3 Å². The van der Waals surface area contributed by atoms with Gasteiger partial charge in [-0.15, -0.1) is 0 Å². The fourth-order valence-electron chi connectivity index (χ4n) is 1.68. The SMILES string of the molecule is Clc1ccc(Sc2ncco2)c(CNC2CC2)c1. The second kappa shape index (κ2) is 5.34. The number of nitrogens with one attached hydrogen (secondary N) is 1. The van der Waals surface area contributed by atoms with E-state index in [-0.39, 0.29) is 0 Å². The van der Waals surface area contributed by atoms with Crippen molar-refractivity contribution in [2.75, 3.05) is 0 Å². The van der Waals surface area contributed by atoms with Crippen LogP contribution in [0.3, 0.4) is 0 Å². The van der Waals surface area contributed by atoms with Gasteiger partial charge >= 0.3 is 0 Å². The van der Waals surface area contributed by atoms with Crippen LogP contribution in [0, 0.1) is 0 Å². The van der Waals surface area contributed by atoms with Gasteiger partial charge in [0.2, 0.25) is 0 Å². The summed E-state index contributed by atoms with van der Waals surface area (Å²) in [5.74, 6) is 0. The van der Waals surface area contributed by atoms with Gasteiger partial charge in [0.25, 0.3) is 5.22 Å². The van der Waals surface area contributed by atoms with Crippen molar-refractivity contribution in [3.05, 3.63) is 41.2 Å². The molecule has 1 fully saturated rings. The molecule has 1 saturated carbocycles. The minimum atomic E-state index is 0.657. The third kappa shape index (κ3) is 3.07. The van der Waals surface area contributed by atoms with Crippen LogP contribution in [-0.2, 0) is 6.54 Å². The molecule has 0 spiro atoms. The summed E-state index contributed by atoms with van der Waals surface area (Å²) in [6.07, 6.45) is 5.80. The summed E-state index contributed by atoms with van der Waals surface area (Å²) >= 11 is 7.58. The zero-order chi connectivity index (χ0) is 12.4. The van der Waals surface area contributed by atoms with Gasteiger partial charge in [0.05, 0.1) is 6.20 Å². The predicted molar refractivity (Wildman–Crippen MR) is 71.9 cm³/mol. The average Bonchev–Trinajstić information content (AvgIpc) is 3.06. The summed E-state index contributed by atoms with van der Waals surface area (Å²) in [6, 6.07) is 6.60. The van der Waals surface area contributed by atoms with Gasteiger partial charge in [-0.25, -0.2) is 4.98 Å². The maximum atomic E-state index is 6.05. The molecule has 0 amide bonds. The van der Waals surface area contributed by atoms with Crippen LogP contribution in [0.5, 0.6) is 0 Å².